The van der Waals surface area contributed by atoms with E-state index in [1.807, 2.05) is 26.0 Å². The van der Waals surface area contributed by atoms with Crippen molar-refractivity contribution in [2.24, 2.45) is 10.7 Å². The highest BCUT2D eigenvalue weighted by molar-refractivity contribution is 14.0. The van der Waals surface area contributed by atoms with Gasteiger partial charge in [0.15, 0.2) is 5.96 Å². The van der Waals surface area contributed by atoms with Gasteiger partial charge in [-0.2, -0.15) is 0 Å². The molecule has 1 fully saturated rings. The fraction of sp³-hybridized carbons (Fsp3) is 0.400. The number of benzene rings is 1. The predicted molar refractivity (Wildman–Crippen MR) is 121 cm³/mol. The zero-order valence-corrected chi connectivity index (χ0v) is 18.8. The Morgan fingerprint density at radius 3 is 2.43 bits per heavy atom. The quantitative estimate of drug-likeness (QED) is 0.398. The van der Waals surface area contributed by atoms with Gasteiger partial charge in [0.2, 0.25) is 0 Å². The SMILES string of the molecule is COc1c(C)cnc(CN=C(N)N2CCN(c3ccc(F)cc3)CC2)c1C.I. The third-order valence-electron chi connectivity index (χ3n) is 4.94. The second-order valence-electron chi connectivity index (χ2n) is 6.67. The van der Waals surface area contributed by atoms with Crippen molar-refractivity contribution in [2.45, 2.75) is 20.4 Å². The van der Waals surface area contributed by atoms with Crippen LogP contribution in [0.5, 0.6) is 5.75 Å². The molecule has 1 saturated heterocycles. The Bertz CT molecular complexity index is 820. The van der Waals surface area contributed by atoms with Crippen LogP contribution in [0.4, 0.5) is 10.1 Å². The molecule has 2 aromatic rings. The maximum absolute atomic E-state index is 13.1. The molecule has 6 nitrogen and oxygen atoms in total. The normalized spacial score (nSPS) is 14.6. The Morgan fingerprint density at radius 1 is 1.18 bits per heavy atom. The lowest BCUT2D eigenvalue weighted by atomic mass is 10.1. The van der Waals surface area contributed by atoms with Gasteiger partial charge in [-0.15, -0.1) is 24.0 Å². The van der Waals surface area contributed by atoms with Gasteiger partial charge in [0, 0.05) is 49.2 Å². The number of guanidine groups is 1. The molecule has 2 heterocycles. The van der Waals surface area contributed by atoms with Gasteiger partial charge in [-0.25, -0.2) is 9.38 Å². The van der Waals surface area contributed by atoms with E-state index < -0.39 is 0 Å². The maximum Gasteiger partial charge on any atom is 0.191 e. The zero-order chi connectivity index (χ0) is 19.4. The fourth-order valence-electron chi connectivity index (χ4n) is 3.33. The first-order valence-corrected chi connectivity index (χ1v) is 9.04. The molecule has 1 aromatic heterocycles. The number of hydrogen-bond acceptors (Lipinski definition) is 4. The largest absolute Gasteiger partial charge is 0.496 e. The number of piperazine rings is 1. The number of ether oxygens (including phenoxy) is 1. The molecule has 152 valence electrons. The van der Waals surface area contributed by atoms with E-state index in [1.54, 1.807) is 13.3 Å². The molecule has 0 radical (unpaired) electrons. The number of nitrogens with two attached hydrogens (primary N) is 1. The standard InChI is InChI=1S/C20H26FN5O.HI/c1-14-12-23-18(15(2)19(14)27-3)13-24-20(22)26-10-8-25(9-11-26)17-6-4-16(21)5-7-17;/h4-7,12H,8-11,13H2,1-3H3,(H2,22,24);1H. The van der Waals surface area contributed by atoms with Crippen molar-refractivity contribution in [2.75, 3.05) is 38.2 Å². The monoisotopic (exact) mass is 499 g/mol. The van der Waals surface area contributed by atoms with Gasteiger partial charge in [-0.05, 0) is 38.1 Å². The van der Waals surface area contributed by atoms with E-state index in [0.717, 1.165) is 54.4 Å². The van der Waals surface area contributed by atoms with Gasteiger partial charge in [-0.1, -0.05) is 0 Å². The molecule has 1 aromatic carbocycles. The average Bonchev–Trinajstić information content (AvgIpc) is 2.68. The summed E-state index contributed by atoms with van der Waals surface area (Å²) < 4.78 is 18.5. The number of rotatable bonds is 4. The van der Waals surface area contributed by atoms with E-state index in [0.29, 0.717) is 12.5 Å². The molecule has 0 spiro atoms. The number of methoxy groups -OCH3 is 1. The highest BCUT2D eigenvalue weighted by Crippen LogP contribution is 2.24. The van der Waals surface area contributed by atoms with Gasteiger partial charge < -0.3 is 20.3 Å². The Morgan fingerprint density at radius 2 is 1.82 bits per heavy atom. The number of aryl methyl sites for hydroxylation is 1. The summed E-state index contributed by atoms with van der Waals surface area (Å²) in [5, 5.41) is 0. The molecule has 3 rings (SSSR count). The number of hydrogen-bond donors (Lipinski definition) is 1. The molecule has 0 bridgehead atoms. The minimum atomic E-state index is -0.217. The molecule has 0 atom stereocenters. The van der Waals surface area contributed by atoms with Gasteiger partial charge in [-0.3, -0.25) is 4.98 Å². The molecule has 0 unspecified atom stereocenters. The highest BCUT2D eigenvalue weighted by Gasteiger charge is 2.19. The van der Waals surface area contributed by atoms with E-state index >= 15 is 0 Å². The Balaban J connectivity index is 0.00000280. The van der Waals surface area contributed by atoms with Crippen molar-refractivity contribution in [1.82, 2.24) is 9.88 Å². The lowest BCUT2D eigenvalue weighted by Gasteiger charge is -2.36. The van der Waals surface area contributed by atoms with Crippen LogP contribution in [-0.4, -0.2) is 49.1 Å². The summed E-state index contributed by atoms with van der Waals surface area (Å²) in [5.41, 5.74) is 10.1. The summed E-state index contributed by atoms with van der Waals surface area (Å²) in [6.45, 7) is 7.57. The first kappa shape index (κ1) is 22.2. The minimum Gasteiger partial charge on any atom is -0.496 e. The third-order valence-corrected chi connectivity index (χ3v) is 4.94. The molecular weight excluding hydrogens is 472 g/mol. The van der Waals surface area contributed by atoms with E-state index in [9.17, 15) is 4.39 Å². The minimum absolute atomic E-state index is 0. The fourth-order valence-corrected chi connectivity index (χ4v) is 3.33. The molecule has 0 aliphatic carbocycles. The van der Waals surface area contributed by atoms with E-state index in [-0.39, 0.29) is 29.8 Å². The number of pyridine rings is 1. The number of nitrogens with zero attached hydrogens (tertiary/aromatic N) is 4. The Labute approximate surface area is 182 Å². The van der Waals surface area contributed by atoms with Crippen molar-refractivity contribution in [1.29, 1.82) is 0 Å². The van der Waals surface area contributed by atoms with Crippen LogP contribution in [-0.2, 0) is 6.54 Å². The Kier molecular flexibility index (Phi) is 7.85. The second kappa shape index (κ2) is 9.90. The molecule has 0 saturated carbocycles. The molecule has 2 N–H and O–H groups in total. The Hall–Kier alpha value is -2.10. The molecule has 8 heteroatoms. The predicted octanol–water partition coefficient (Wildman–Crippen LogP) is 3.10. The highest BCUT2D eigenvalue weighted by atomic mass is 127. The van der Waals surface area contributed by atoms with Gasteiger partial charge >= 0.3 is 0 Å². The molecule has 1 aliphatic heterocycles. The van der Waals surface area contributed by atoms with Crippen LogP contribution >= 0.6 is 24.0 Å². The number of aliphatic imine (C=N–C) groups is 1. The summed E-state index contributed by atoms with van der Waals surface area (Å²) in [7, 11) is 1.66. The van der Waals surface area contributed by atoms with Crippen LogP contribution in [0.25, 0.3) is 0 Å². The zero-order valence-electron chi connectivity index (χ0n) is 16.5. The molecule has 0 amide bonds. The first-order chi connectivity index (χ1) is 13.0. The van der Waals surface area contributed by atoms with E-state index in [4.69, 9.17) is 10.5 Å². The lowest BCUT2D eigenvalue weighted by Crippen LogP contribution is -2.51. The van der Waals surface area contributed by atoms with Crippen LogP contribution < -0.4 is 15.4 Å². The number of anilines is 1. The van der Waals surface area contributed by atoms with Crippen molar-refractivity contribution >= 4 is 35.6 Å². The average molecular weight is 499 g/mol. The van der Waals surface area contributed by atoms with Gasteiger partial charge in [0.1, 0.15) is 11.6 Å². The van der Waals surface area contributed by atoms with Crippen LogP contribution in [0, 0.1) is 19.7 Å². The van der Waals surface area contributed by atoms with E-state index in [2.05, 4.69) is 19.8 Å². The molecule has 1 aliphatic rings. The van der Waals surface area contributed by atoms with Crippen LogP contribution in [0.2, 0.25) is 0 Å². The summed E-state index contributed by atoms with van der Waals surface area (Å²) in [6.07, 6.45) is 1.80. The maximum atomic E-state index is 13.1. The third kappa shape index (κ3) is 5.03. The van der Waals surface area contributed by atoms with Crippen molar-refractivity contribution in [3.05, 3.63) is 53.1 Å². The summed E-state index contributed by atoms with van der Waals surface area (Å²) >= 11 is 0. The van der Waals surface area contributed by atoms with Crippen LogP contribution in [0.15, 0.2) is 35.5 Å². The summed E-state index contributed by atoms with van der Waals surface area (Å²) in [5.74, 6) is 1.15. The topological polar surface area (TPSA) is 67.0 Å². The number of halogens is 2. The molecule has 28 heavy (non-hydrogen) atoms. The number of aromatic nitrogens is 1. The summed E-state index contributed by atoms with van der Waals surface area (Å²) in [6, 6.07) is 6.59. The van der Waals surface area contributed by atoms with Crippen LogP contribution in [0.1, 0.15) is 16.8 Å². The van der Waals surface area contributed by atoms with Crippen molar-refractivity contribution in [3.63, 3.8) is 0 Å². The van der Waals surface area contributed by atoms with Crippen molar-refractivity contribution in [3.8, 4) is 5.75 Å². The first-order valence-electron chi connectivity index (χ1n) is 9.04. The van der Waals surface area contributed by atoms with Gasteiger partial charge in [0.25, 0.3) is 0 Å². The summed E-state index contributed by atoms with van der Waals surface area (Å²) in [4.78, 5) is 13.3. The van der Waals surface area contributed by atoms with Gasteiger partial charge in [0.05, 0.1) is 19.3 Å². The smallest absolute Gasteiger partial charge is 0.191 e. The van der Waals surface area contributed by atoms with E-state index in [1.165, 1.54) is 12.1 Å². The second-order valence-corrected chi connectivity index (χ2v) is 6.67. The van der Waals surface area contributed by atoms with Crippen molar-refractivity contribution < 1.29 is 9.13 Å². The lowest BCUT2D eigenvalue weighted by molar-refractivity contribution is 0.380. The molecular formula is C20H27FIN5O. The van der Waals surface area contributed by atoms with Crippen LogP contribution in [0.3, 0.4) is 0 Å².